The third-order valence-electron chi connectivity index (χ3n) is 4.59. The molecule has 0 amide bonds. The average Bonchev–Trinajstić information content (AvgIpc) is 2.49. The first-order valence-electron chi connectivity index (χ1n) is 8.12. The minimum atomic E-state index is -4.07. The molecule has 1 rings (SSSR count). The van der Waals surface area contributed by atoms with Crippen molar-refractivity contribution in [3.63, 3.8) is 0 Å². The molecular formula is C15H26BrN3O5S2Si. The molecule has 1 aromatic rings. The van der Waals surface area contributed by atoms with Crippen LogP contribution >= 0.6 is 28.6 Å². The molecule has 1 aromatic carbocycles. The van der Waals surface area contributed by atoms with Gasteiger partial charge in [0.1, 0.15) is 5.69 Å². The minimum absolute atomic E-state index is 0.0257. The lowest BCUT2D eigenvalue weighted by atomic mass is 10.2. The van der Waals surface area contributed by atoms with Crippen molar-refractivity contribution in [2.75, 3.05) is 17.7 Å². The highest BCUT2D eigenvalue weighted by Crippen LogP contribution is 2.38. The summed E-state index contributed by atoms with van der Waals surface area (Å²) in [6.07, 6.45) is 0. The largest absolute Gasteiger partial charge is 0.415 e. The Labute approximate surface area is 175 Å². The Balaban J connectivity index is 3.16. The first-order valence-corrected chi connectivity index (χ1v) is 14.0. The van der Waals surface area contributed by atoms with Gasteiger partial charge in [-0.05, 0) is 40.1 Å². The summed E-state index contributed by atoms with van der Waals surface area (Å²) in [5, 5.41) is 19.6. The number of sulfonamides is 1. The van der Waals surface area contributed by atoms with Gasteiger partial charge in [-0.3, -0.25) is 10.1 Å². The van der Waals surface area contributed by atoms with Crippen molar-refractivity contribution in [3.05, 3.63) is 26.7 Å². The number of benzene rings is 1. The number of anilines is 1. The lowest BCUT2D eigenvalue weighted by Gasteiger charge is -2.37. The van der Waals surface area contributed by atoms with Gasteiger partial charge in [-0.25, -0.2) is 13.6 Å². The molecule has 27 heavy (non-hydrogen) atoms. The van der Waals surface area contributed by atoms with Gasteiger partial charge in [0.15, 0.2) is 8.32 Å². The van der Waals surface area contributed by atoms with Gasteiger partial charge in [0, 0.05) is 16.3 Å². The Bertz CT molecular complexity index is 812. The first kappa shape index (κ1) is 24.4. The Kier molecular flexibility index (Phi) is 7.93. The number of nitrogens with one attached hydrogen (secondary N) is 1. The molecular weight excluding hydrogens is 474 g/mol. The fourth-order valence-electron chi connectivity index (χ4n) is 1.89. The number of nitrogens with zero attached hydrogens (tertiary/aromatic N) is 1. The maximum Gasteiger partial charge on any atom is 0.294 e. The molecule has 0 saturated carbocycles. The van der Waals surface area contributed by atoms with E-state index in [9.17, 15) is 18.5 Å². The van der Waals surface area contributed by atoms with Gasteiger partial charge in [0.2, 0.25) is 10.0 Å². The van der Waals surface area contributed by atoms with Crippen LogP contribution in [0.15, 0.2) is 21.5 Å². The monoisotopic (exact) mass is 499 g/mol. The SMILES string of the molecule is CC(C)(C)[Si](C)(C)OCC(CS)Nc1c(Br)cc(S(N)(=O)=O)cc1[N+](=O)[O-]. The second-order valence-electron chi connectivity index (χ2n) is 7.70. The Morgan fingerprint density at radius 1 is 1.41 bits per heavy atom. The molecule has 1 atom stereocenters. The molecule has 0 saturated heterocycles. The summed E-state index contributed by atoms with van der Waals surface area (Å²) in [4.78, 5) is 10.4. The summed E-state index contributed by atoms with van der Waals surface area (Å²) in [5.74, 6) is 0.370. The smallest absolute Gasteiger partial charge is 0.294 e. The van der Waals surface area contributed by atoms with Crippen LogP contribution in [-0.2, 0) is 14.4 Å². The minimum Gasteiger partial charge on any atom is -0.415 e. The van der Waals surface area contributed by atoms with Gasteiger partial charge in [-0.1, -0.05) is 20.8 Å². The predicted octanol–water partition coefficient (Wildman–Crippen LogP) is 3.74. The molecule has 0 spiro atoms. The van der Waals surface area contributed by atoms with Gasteiger partial charge in [-0.15, -0.1) is 0 Å². The molecule has 12 heteroatoms. The molecule has 0 aliphatic carbocycles. The summed E-state index contributed by atoms with van der Waals surface area (Å²) >= 11 is 7.50. The molecule has 8 nitrogen and oxygen atoms in total. The number of thiol groups is 1. The van der Waals surface area contributed by atoms with Crippen LogP contribution in [0.1, 0.15) is 20.8 Å². The number of hydrogen-bond acceptors (Lipinski definition) is 7. The summed E-state index contributed by atoms with van der Waals surface area (Å²) in [5.41, 5.74) is -0.238. The normalized spacial score (nSPS) is 14.1. The molecule has 3 N–H and O–H groups in total. The molecule has 0 heterocycles. The van der Waals surface area contributed by atoms with Gasteiger partial charge in [0.05, 0.1) is 22.5 Å². The summed E-state index contributed by atoms with van der Waals surface area (Å²) in [6, 6.07) is 1.86. The molecule has 0 radical (unpaired) electrons. The third-order valence-corrected chi connectivity index (χ3v) is 11.0. The van der Waals surface area contributed by atoms with Crippen LogP contribution in [-0.4, -0.2) is 40.1 Å². The quantitative estimate of drug-likeness (QED) is 0.216. The molecule has 0 aliphatic rings. The van der Waals surface area contributed by atoms with Crippen molar-refractivity contribution < 1.29 is 17.8 Å². The maximum absolute atomic E-state index is 11.5. The number of hydrogen-bond donors (Lipinski definition) is 3. The zero-order valence-corrected chi connectivity index (χ0v) is 20.2. The molecule has 0 aromatic heterocycles. The summed E-state index contributed by atoms with van der Waals surface area (Å²) in [7, 11) is -6.07. The Morgan fingerprint density at radius 2 is 1.96 bits per heavy atom. The highest BCUT2D eigenvalue weighted by molar-refractivity contribution is 9.10. The Hall–Kier alpha value is -0.663. The van der Waals surface area contributed by atoms with Gasteiger partial charge in [0.25, 0.3) is 5.69 Å². The third kappa shape index (κ3) is 6.43. The van der Waals surface area contributed by atoms with E-state index in [2.05, 4.69) is 67.7 Å². The van der Waals surface area contributed by atoms with E-state index >= 15 is 0 Å². The number of halogens is 1. The van der Waals surface area contributed by atoms with Crippen LogP contribution in [0.25, 0.3) is 0 Å². The standard InChI is InChI=1S/C15H26BrN3O5S2Si/c1-15(2,3)27(4,5)24-8-10(9-25)18-14-12(16)6-11(26(17,22)23)7-13(14)19(20)21/h6-7,10,18,25H,8-9H2,1-5H3,(H2,17,22,23). The second-order valence-corrected chi connectivity index (χ2v) is 15.3. The van der Waals surface area contributed by atoms with Crippen LogP contribution in [0.4, 0.5) is 11.4 Å². The van der Waals surface area contributed by atoms with Crippen molar-refractivity contribution in [3.8, 4) is 0 Å². The van der Waals surface area contributed by atoms with E-state index in [4.69, 9.17) is 9.56 Å². The molecule has 0 bridgehead atoms. The number of rotatable bonds is 8. The van der Waals surface area contributed by atoms with E-state index < -0.39 is 29.0 Å². The first-order chi connectivity index (χ1) is 12.1. The predicted molar refractivity (Wildman–Crippen MR) is 117 cm³/mol. The Morgan fingerprint density at radius 3 is 2.37 bits per heavy atom. The zero-order valence-electron chi connectivity index (χ0n) is 15.9. The maximum atomic E-state index is 11.5. The van der Waals surface area contributed by atoms with Crippen molar-refractivity contribution >= 4 is 58.3 Å². The number of nitro benzene ring substituents is 1. The zero-order chi connectivity index (χ0) is 21.2. The van der Waals surface area contributed by atoms with Crippen molar-refractivity contribution in [2.45, 2.75) is 49.8 Å². The van der Waals surface area contributed by atoms with E-state index in [0.717, 1.165) is 6.07 Å². The highest BCUT2D eigenvalue weighted by atomic mass is 79.9. The fraction of sp³-hybridized carbons (Fsp3) is 0.600. The van der Waals surface area contributed by atoms with Crippen molar-refractivity contribution in [2.24, 2.45) is 5.14 Å². The molecule has 0 aliphatic heterocycles. The van der Waals surface area contributed by atoms with Crippen LogP contribution in [0.2, 0.25) is 18.1 Å². The van der Waals surface area contributed by atoms with Crippen molar-refractivity contribution in [1.29, 1.82) is 0 Å². The van der Waals surface area contributed by atoms with Crippen molar-refractivity contribution in [1.82, 2.24) is 0 Å². The van der Waals surface area contributed by atoms with E-state index in [1.54, 1.807) is 0 Å². The van der Waals surface area contributed by atoms with Gasteiger partial charge >= 0.3 is 0 Å². The number of nitro groups is 1. The number of nitrogens with two attached hydrogens (primary N) is 1. The van der Waals surface area contributed by atoms with E-state index in [-0.39, 0.29) is 26.1 Å². The lowest BCUT2D eigenvalue weighted by molar-refractivity contribution is -0.384. The van der Waals surface area contributed by atoms with E-state index in [0.29, 0.717) is 12.4 Å². The summed E-state index contributed by atoms with van der Waals surface area (Å²) in [6.45, 7) is 10.9. The molecule has 1 unspecified atom stereocenters. The van der Waals surface area contributed by atoms with E-state index in [1.165, 1.54) is 6.07 Å². The summed E-state index contributed by atoms with van der Waals surface area (Å²) < 4.78 is 29.5. The van der Waals surface area contributed by atoms with E-state index in [1.807, 2.05) is 0 Å². The van der Waals surface area contributed by atoms with Crippen LogP contribution < -0.4 is 10.5 Å². The lowest BCUT2D eigenvalue weighted by Crippen LogP contribution is -2.44. The van der Waals surface area contributed by atoms with Crippen LogP contribution in [0, 0.1) is 10.1 Å². The highest BCUT2D eigenvalue weighted by Gasteiger charge is 2.37. The molecule has 154 valence electrons. The number of primary sulfonamides is 1. The topological polar surface area (TPSA) is 125 Å². The van der Waals surface area contributed by atoms with Crippen LogP contribution in [0.3, 0.4) is 0 Å². The molecule has 0 fully saturated rings. The second kappa shape index (κ2) is 8.78. The van der Waals surface area contributed by atoms with Crippen LogP contribution in [0.5, 0.6) is 0 Å². The average molecular weight is 501 g/mol. The fourth-order valence-corrected chi connectivity index (χ4v) is 4.41. The van der Waals surface area contributed by atoms with Gasteiger partial charge < -0.3 is 9.74 Å². The van der Waals surface area contributed by atoms with Gasteiger partial charge in [-0.2, -0.15) is 12.6 Å².